The van der Waals surface area contributed by atoms with Crippen LogP contribution >= 0.6 is 0 Å². The number of ether oxygens (including phenoxy) is 1. The highest BCUT2D eigenvalue weighted by Crippen LogP contribution is 2.28. The van der Waals surface area contributed by atoms with Gasteiger partial charge in [-0.3, -0.25) is 4.79 Å². The normalized spacial score (nSPS) is 30.2. The third-order valence-corrected chi connectivity index (χ3v) is 4.70. The predicted molar refractivity (Wildman–Crippen MR) is 73.7 cm³/mol. The van der Waals surface area contributed by atoms with E-state index < -0.39 is 0 Å². The van der Waals surface area contributed by atoms with Gasteiger partial charge in [-0.2, -0.15) is 0 Å². The van der Waals surface area contributed by atoms with E-state index >= 15 is 0 Å². The van der Waals surface area contributed by atoms with Crippen molar-refractivity contribution in [3.05, 3.63) is 0 Å². The van der Waals surface area contributed by atoms with Crippen molar-refractivity contribution in [1.29, 1.82) is 0 Å². The van der Waals surface area contributed by atoms with Crippen LogP contribution in [0.2, 0.25) is 0 Å². The van der Waals surface area contributed by atoms with Gasteiger partial charge in [-0.25, -0.2) is 0 Å². The van der Waals surface area contributed by atoms with Crippen molar-refractivity contribution in [2.75, 3.05) is 13.2 Å². The monoisotopic (exact) mass is 269 g/mol. The number of aliphatic hydroxyl groups is 1. The number of carbonyl (C=O) groups excluding carboxylic acids is 1. The molecule has 0 aromatic heterocycles. The van der Waals surface area contributed by atoms with Crippen LogP contribution in [0.1, 0.15) is 51.9 Å². The summed E-state index contributed by atoms with van der Waals surface area (Å²) < 4.78 is 5.46. The van der Waals surface area contributed by atoms with Crippen molar-refractivity contribution in [3.8, 4) is 0 Å². The van der Waals surface area contributed by atoms with Crippen LogP contribution < -0.4 is 5.32 Å². The van der Waals surface area contributed by atoms with Crippen LogP contribution in [0.4, 0.5) is 0 Å². The van der Waals surface area contributed by atoms with Gasteiger partial charge in [-0.05, 0) is 38.5 Å². The van der Waals surface area contributed by atoms with E-state index in [-0.39, 0.29) is 30.6 Å². The standard InChI is InChI=1S/C15H27NO3/c1-11-13(8-10-19-11)15(18)16-14(7-9-17)12-5-3-2-4-6-12/h11-14,17H,2-10H2,1H3,(H,16,18). The molecule has 3 atom stereocenters. The Balaban J connectivity index is 1.89. The van der Waals surface area contributed by atoms with E-state index in [1.165, 1.54) is 32.1 Å². The minimum absolute atomic E-state index is 0.00946. The quantitative estimate of drug-likeness (QED) is 0.801. The molecule has 0 bridgehead atoms. The molecule has 1 aliphatic heterocycles. The van der Waals surface area contributed by atoms with E-state index in [9.17, 15) is 9.90 Å². The highest BCUT2D eigenvalue weighted by atomic mass is 16.5. The Morgan fingerprint density at radius 1 is 1.32 bits per heavy atom. The third kappa shape index (κ3) is 3.93. The van der Waals surface area contributed by atoms with E-state index in [0.29, 0.717) is 18.9 Å². The van der Waals surface area contributed by atoms with E-state index in [1.54, 1.807) is 0 Å². The molecule has 0 radical (unpaired) electrons. The molecule has 4 nitrogen and oxygen atoms in total. The minimum Gasteiger partial charge on any atom is -0.396 e. The summed E-state index contributed by atoms with van der Waals surface area (Å²) in [5, 5.41) is 12.4. The summed E-state index contributed by atoms with van der Waals surface area (Å²) in [7, 11) is 0. The van der Waals surface area contributed by atoms with Gasteiger partial charge in [0.25, 0.3) is 0 Å². The molecule has 2 fully saturated rings. The van der Waals surface area contributed by atoms with Crippen LogP contribution in [0.5, 0.6) is 0 Å². The number of carbonyl (C=O) groups is 1. The number of aliphatic hydroxyl groups excluding tert-OH is 1. The highest BCUT2D eigenvalue weighted by molar-refractivity contribution is 5.79. The van der Waals surface area contributed by atoms with Gasteiger partial charge in [0.1, 0.15) is 0 Å². The third-order valence-electron chi connectivity index (χ3n) is 4.70. The topological polar surface area (TPSA) is 58.6 Å². The number of hydrogen-bond acceptors (Lipinski definition) is 3. The molecule has 1 saturated carbocycles. The second kappa shape index (κ2) is 7.25. The molecule has 0 spiro atoms. The van der Waals surface area contributed by atoms with Crippen molar-refractivity contribution in [2.24, 2.45) is 11.8 Å². The molecule has 0 aromatic carbocycles. The van der Waals surface area contributed by atoms with Gasteiger partial charge >= 0.3 is 0 Å². The number of nitrogens with one attached hydrogen (secondary N) is 1. The predicted octanol–water partition coefficient (Wildman–Crippen LogP) is 1.86. The number of rotatable bonds is 5. The fraction of sp³-hybridized carbons (Fsp3) is 0.933. The molecule has 1 amide bonds. The molecule has 1 heterocycles. The highest BCUT2D eigenvalue weighted by Gasteiger charge is 2.33. The van der Waals surface area contributed by atoms with E-state index in [1.807, 2.05) is 6.92 Å². The van der Waals surface area contributed by atoms with Crippen LogP contribution in [0.15, 0.2) is 0 Å². The Hall–Kier alpha value is -0.610. The van der Waals surface area contributed by atoms with Crippen molar-refractivity contribution in [3.63, 3.8) is 0 Å². The maximum Gasteiger partial charge on any atom is 0.226 e. The molecule has 4 heteroatoms. The number of hydrogen-bond donors (Lipinski definition) is 2. The molecule has 2 rings (SSSR count). The lowest BCUT2D eigenvalue weighted by Gasteiger charge is -2.31. The maximum atomic E-state index is 12.3. The van der Waals surface area contributed by atoms with Crippen LogP contribution in [-0.4, -0.2) is 36.4 Å². The molecule has 110 valence electrons. The van der Waals surface area contributed by atoms with E-state index in [2.05, 4.69) is 5.32 Å². The smallest absolute Gasteiger partial charge is 0.226 e. The number of amides is 1. The molecule has 2 aliphatic rings. The second-order valence-electron chi connectivity index (χ2n) is 6.00. The molecule has 3 unspecified atom stereocenters. The maximum absolute atomic E-state index is 12.3. The summed E-state index contributed by atoms with van der Waals surface area (Å²) in [5.74, 6) is 0.654. The van der Waals surface area contributed by atoms with Crippen LogP contribution in [0.3, 0.4) is 0 Å². The summed E-state index contributed by atoms with van der Waals surface area (Å²) in [4.78, 5) is 12.3. The fourth-order valence-corrected chi connectivity index (χ4v) is 3.47. The Morgan fingerprint density at radius 2 is 2.05 bits per heavy atom. The Morgan fingerprint density at radius 3 is 2.63 bits per heavy atom. The van der Waals surface area contributed by atoms with Crippen molar-refractivity contribution >= 4 is 5.91 Å². The zero-order chi connectivity index (χ0) is 13.7. The zero-order valence-corrected chi connectivity index (χ0v) is 11.9. The molecule has 1 saturated heterocycles. The van der Waals surface area contributed by atoms with Gasteiger partial charge in [0.15, 0.2) is 0 Å². The van der Waals surface area contributed by atoms with Crippen molar-refractivity contribution in [2.45, 2.75) is 64.0 Å². The van der Waals surface area contributed by atoms with Gasteiger partial charge in [0.05, 0.1) is 12.0 Å². The summed E-state index contributed by atoms with van der Waals surface area (Å²) in [6.07, 6.45) is 7.72. The first kappa shape index (κ1) is 14.8. The van der Waals surface area contributed by atoms with Gasteiger partial charge in [0, 0.05) is 19.3 Å². The first-order chi connectivity index (χ1) is 9.22. The van der Waals surface area contributed by atoms with Gasteiger partial charge < -0.3 is 15.2 Å². The summed E-state index contributed by atoms with van der Waals surface area (Å²) in [5.41, 5.74) is 0. The lowest BCUT2D eigenvalue weighted by molar-refractivity contribution is -0.127. The Bertz CT molecular complexity index is 289. The summed E-state index contributed by atoms with van der Waals surface area (Å²) >= 11 is 0. The molecule has 1 aliphatic carbocycles. The SMILES string of the molecule is CC1OCCC1C(=O)NC(CCO)C1CCCCC1. The van der Waals surface area contributed by atoms with Crippen molar-refractivity contribution in [1.82, 2.24) is 5.32 Å². The molecule has 2 N–H and O–H groups in total. The molecular formula is C15H27NO3. The Kier molecular flexibility index (Phi) is 5.64. The van der Waals surface area contributed by atoms with Crippen LogP contribution in [-0.2, 0) is 9.53 Å². The van der Waals surface area contributed by atoms with Gasteiger partial charge in [-0.1, -0.05) is 19.3 Å². The average Bonchev–Trinajstić information content (AvgIpc) is 2.85. The van der Waals surface area contributed by atoms with Crippen LogP contribution in [0.25, 0.3) is 0 Å². The zero-order valence-electron chi connectivity index (χ0n) is 11.9. The van der Waals surface area contributed by atoms with Gasteiger partial charge in [-0.15, -0.1) is 0 Å². The Labute approximate surface area is 115 Å². The van der Waals surface area contributed by atoms with E-state index in [4.69, 9.17) is 4.74 Å². The largest absolute Gasteiger partial charge is 0.396 e. The molecule has 0 aromatic rings. The molecule has 19 heavy (non-hydrogen) atoms. The molecular weight excluding hydrogens is 242 g/mol. The second-order valence-corrected chi connectivity index (χ2v) is 6.00. The first-order valence-electron chi connectivity index (χ1n) is 7.75. The lowest BCUT2D eigenvalue weighted by atomic mass is 9.82. The van der Waals surface area contributed by atoms with E-state index in [0.717, 1.165) is 6.42 Å². The minimum atomic E-state index is -0.00946. The summed E-state index contributed by atoms with van der Waals surface area (Å²) in [6, 6.07) is 0.144. The fourth-order valence-electron chi connectivity index (χ4n) is 3.47. The van der Waals surface area contributed by atoms with Gasteiger partial charge in [0.2, 0.25) is 5.91 Å². The lowest BCUT2D eigenvalue weighted by Crippen LogP contribution is -2.45. The summed E-state index contributed by atoms with van der Waals surface area (Å²) in [6.45, 7) is 2.81. The average molecular weight is 269 g/mol. The first-order valence-corrected chi connectivity index (χ1v) is 7.75. The van der Waals surface area contributed by atoms with Crippen molar-refractivity contribution < 1.29 is 14.6 Å². The van der Waals surface area contributed by atoms with Crippen LogP contribution in [0, 0.1) is 11.8 Å².